The summed E-state index contributed by atoms with van der Waals surface area (Å²) in [4.78, 5) is 59.6. The third kappa shape index (κ3) is 34.0. The first kappa shape index (κ1) is 41.6. The fourth-order valence-electron chi connectivity index (χ4n) is 1.21. The molecule has 0 fully saturated rings. The van der Waals surface area contributed by atoms with E-state index in [1.807, 2.05) is 0 Å². The van der Waals surface area contributed by atoms with Crippen molar-refractivity contribution in [2.75, 3.05) is 0 Å². The molecule has 15 nitrogen and oxygen atoms in total. The molecule has 0 aromatic rings. The maximum atomic E-state index is 9.99. The SMILES string of the molecule is N[C@@H](CCC(=O)O)C(=O)O.N[C@H](CCC(=O)O)C(=O)O.N[C@H](CCC(=O)O)C(=O)O.[Nd].[Nd]. The molecule has 0 saturated carbocycles. The van der Waals surface area contributed by atoms with E-state index in [2.05, 4.69) is 0 Å². The Morgan fingerprint density at radius 1 is 0.469 bits per heavy atom. The second kappa shape index (κ2) is 25.0. The zero-order chi connectivity index (χ0) is 24.4. The minimum Gasteiger partial charge on any atom is -0.481 e. The molecule has 182 valence electrons. The molecule has 0 amide bonds. The summed E-state index contributed by atoms with van der Waals surface area (Å²) in [6, 6.07) is -3.18. The molecule has 0 aromatic carbocycles. The zero-order valence-electron chi connectivity index (χ0n) is 16.8. The summed E-state index contributed by atoms with van der Waals surface area (Å²) >= 11 is 0. The molecule has 0 aliphatic heterocycles. The van der Waals surface area contributed by atoms with Crippen LogP contribution >= 0.6 is 0 Å². The van der Waals surface area contributed by atoms with E-state index < -0.39 is 53.9 Å². The van der Waals surface area contributed by atoms with Crippen LogP contribution < -0.4 is 17.2 Å². The summed E-state index contributed by atoms with van der Waals surface area (Å²) in [6.07, 6.45) is -0.672. The third-order valence-corrected chi connectivity index (χ3v) is 2.96. The van der Waals surface area contributed by atoms with Crippen LogP contribution in [0.2, 0.25) is 0 Å². The van der Waals surface area contributed by atoms with E-state index in [0.29, 0.717) is 0 Å². The van der Waals surface area contributed by atoms with Gasteiger partial charge in [0.25, 0.3) is 0 Å². The van der Waals surface area contributed by atoms with Crippen molar-refractivity contribution < 1.29 is 141 Å². The molecule has 0 spiro atoms. The fourth-order valence-corrected chi connectivity index (χ4v) is 1.21. The summed E-state index contributed by atoms with van der Waals surface area (Å²) in [6.45, 7) is 0. The summed E-state index contributed by atoms with van der Waals surface area (Å²) in [5.74, 6) is -6.59. The first-order chi connectivity index (χ1) is 13.6. The molecule has 12 N–H and O–H groups in total. The molecule has 0 aromatic heterocycles. The van der Waals surface area contributed by atoms with Gasteiger partial charge in [0.1, 0.15) is 18.1 Å². The van der Waals surface area contributed by atoms with Crippen LogP contribution in [0, 0.1) is 81.7 Å². The van der Waals surface area contributed by atoms with Crippen molar-refractivity contribution in [1.82, 2.24) is 0 Å². The summed E-state index contributed by atoms with van der Waals surface area (Å²) in [7, 11) is 0. The quantitative estimate of drug-likeness (QED) is 0.103. The average molecular weight is 730 g/mol. The molecule has 32 heavy (non-hydrogen) atoms. The molecule has 0 aliphatic carbocycles. The van der Waals surface area contributed by atoms with Gasteiger partial charge in [0.05, 0.1) is 0 Å². The van der Waals surface area contributed by atoms with E-state index in [1.165, 1.54) is 0 Å². The van der Waals surface area contributed by atoms with Crippen molar-refractivity contribution in [2.45, 2.75) is 56.7 Å². The monoisotopic (exact) mass is 725 g/mol. The van der Waals surface area contributed by atoms with Crippen LogP contribution in [0.4, 0.5) is 0 Å². The number of rotatable bonds is 12. The molecule has 0 rings (SSSR count). The third-order valence-electron chi connectivity index (χ3n) is 2.96. The minimum atomic E-state index is -1.17. The number of carbonyl (C=O) groups is 6. The van der Waals surface area contributed by atoms with Crippen LogP contribution in [0.5, 0.6) is 0 Å². The van der Waals surface area contributed by atoms with E-state index in [4.69, 9.17) is 47.8 Å². The maximum absolute atomic E-state index is 9.99. The first-order valence-corrected chi connectivity index (χ1v) is 8.22. The van der Waals surface area contributed by atoms with Gasteiger partial charge in [-0.2, -0.15) is 0 Å². The van der Waals surface area contributed by atoms with Crippen molar-refractivity contribution >= 4 is 35.8 Å². The van der Waals surface area contributed by atoms with Crippen LogP contribution in [0.25, 0.3) is 0 Å². The molecule has 0 heterocycles. The molecule has 0 unspecified atom stereocenters. The van der Waals surface area contributed by atoms with Crippen molar-refractivity contribution in [1.29, 1.82) is 0 Å². The van der Waals surface area contributed by atoms with E-state index in [9.17, 15) is 28.8 Å². The van der Waals surface area contributed by atoms with E-state index >= 15 is 0 Å². The normalized spacial score (nSPS) is 11.7. The van der Waals surface area contributed by atoms with Gasteiger partial charge >= 0.3 is 35.8 Å². The van der Waals surface area contributed by atoms with Crippen LogP contribution in [0.15, 0.2) is 0 Å². The molecule has 0 bridgehead atoms. The predicted octanol–water partition coefficient (Wildman–Crippen LogP) is -2.21. The molecule has 0 radical (unpaired) electrons. The van der Waals surface area contributed by atoms with Crippen molar-refractivity contribution in [3.05, 3.63) is 0 Å². The number of carboxylic acid groups (broad SMARTS) is 6. The summed E-state index contributed by atoms with van der Waals surface area (Å²) < 4.78 is 0. The second-order valence-corrected chi connectivity index (χ2v) is 5.63. The number of carboxylic acids is 6. The smallest absolute Gasteiger partial charge is 0.320 e. The van der Waals surface area contributed by atoms with Gasteiger partial charge in [-0.15, -0.1) is 0 Å². The predicted molar refractivity (Wildman–Crippen MR) is 97.4 cm³/mol. The largest absolute Gasteiger partial charge is 0.481 e. The Morgan fingerprint density at radius 2 is 0.625 bits per heavy atom. The topological polar surface area (TPSA) is 302 Å². The molecular formula is C15H27N3Nd2O12. The zero-order valence-corrected chi connectivity index (χ0v) is 23.3. The summed E-state index contributed by atoms with van der Waals surface area (Å²) in [5.41, 5.74) is 15.0. The van der Waals surface area contributed by atoms with Crippen molar-refractivity contribution in [3.8, 4) is 0 Å². The van der Waals surface area contributed by atoms with Crippen molar-refractivity contribution in [3.63, 3.8) is 0 Å². The fraction of sp³-hybridized carbons (Fsp3) is 0.600. The van der Waals surface area contributed by atoms with Crippen LogP contribution in [-0.2, 0) is 28.8 Å². The average Bonchev–Trinajstić information content (AvgIpc) is 2.62. The minimum absolute atomic E-state index is 0. The Hall–Kier alpha value is -0.599. The second-order valence-electron chi connectivity index (χ2n) is 5.63. The Labute approximate surface area is 248 Å². The van der Waals surface area contributed by atoms with Crippen molar-refractivity contribution in [2.24, 2.45) is 17.2 Å². The van der Waals surface area contributed by atoms with Crippen LogP contribution in [0.3, 0.4) is 0 Å². The van der Waals surface area contributed by atoms with Gasteiger partial charge in [-0.3, -0.25) is 28.8 Å². The van der Waals surface area contributed by atoms with Crippen LogP contribution in [-0.4, -0.2) is 84.6 Å². The molecular weight excluding hydrogens is 703 g/mol. The molecule has 0 aliphatic rings. The van der Waals surface area contributed by atoms with Gasteiger partial charge in [0, 0.05) is 101 Å². The van der Waals surface area contributed by atoms with Gasteiger partial charge in [-0.1, -0.05) is 0 Å². The van der Waals surface area contributed by atoms with Gasteiger partial charge < -0.3 is 47.8 Å². The molecule has 17 heteroatoms. The van der Waals surface area contributed by atoms with Gasteiger partial charge in [-0.05, 0) is 19.3 Å². The molecule has 0 saturated heterocycles. The van der Waals surface area contributed by atoms with Gasteiger partial charge in [0.15, 0.2) is 0 Å². The van der Waals surface area contributed by atoms with E-state index in [-0.39, 0.29) is 120 Å². The van der Waals surface area contributed by atoms with Gasteiger partial charge in [0.2, 0.25) is 0 Å². The van der Waals surface area contributed by atoms with Crippen LogP contribution in [0.1, 0.15) is 38.5 Å². The maximum Gasteiger partial charge on any atom is 0.320 e. The Bertz CT molecular complexity index is 525. The number of hydrogen-bond acceptors (Lipinski definition) is 9. The number of nitrogens with two attached hydrogens (primary N) is 3. The summed E-state index contributed by atoms with van der Waals surface area (Å²) in [5, 5.41) is 48.8. The van der Waals surface area contributed by atoms with E-state index in [0.717, 1.165) is 0 Å². The van der Waals surface area contributed by atoms with Gasteiger partial charge in [-0.25, -0.2) is 0 Å². The number of aliphatic carboxylic acids is 6. The van der Waals surface area contributed by atoms with E-state index in [1.54, 1.807) is 0 Å². The Balaban J connectivity index is -0.000000110. The molecule has 3 atom stereocenters. The number of hydrogen-bond donors (Lipinski definition) is 9. The first-order valence-electron chi connectivity index (χ1n) is 8.22. The Kier molecular flexibility index (Phi) is 32.6. The standard InChI is InChI=1S/3C5H9NO4.2Nd/c3*6-3(5(9)10)1-2-4(7)8;;/h3*3H,1-2,6H2,(H,7,8)(H,9,10);;/t3*3-;;/m110../s1. The Morgan fingerprint density at radius 3 is 0.719 bits per heavy atom.